The van der Waals surface area contributed by atoms with Gasteiger partial charge in [-0.15, -0.1) is 6.42 Å². The van der Waals surface area contributed by atoms with E-state index in [-0.39, 0.29) is 5.75 Å². The van der Waals surface area contributed by atoms with Crippen molar-refractivity contribution in [2.45, 2.75) is 0 Å². The van der Waals surface area contributed by atoms with Gasteiger partial charge in [-0.3, -0.25) is 4.99 Å². The molecular formula is C15H11BClNO. The Morgan fingerprint density at radius 2 is 2.11 bits per heavy atom. The highest BCUT2D eigenvalue weighted by molar-refractivity contribution is 6.38. The first kappa shape index (κ1) is 13.3. The number of halogens is 1. The van der Waals surface area contributed by atoms with E-state index in [1.54, 1.807) is 32.3 Å². The summed E-state index contributed by atoms with van der Waals surface area (Å²) in [7, 11) is 1.79. The monoisotopic (exact) mass is 267 g/mol. The highest BCUT2D eigenvalue weighted by atomic mass is 35.5. The zero-order chi connectivity index (χ0) is 13.8. The van der Waals surface area contributed by atoms with Crippen LogP contribution in [-0.4, -0.2) is 19.2 Å². The second-order valence-electron chi connectivity index (χ2n) is 4.11. The first-order chi connectivity index (χ1) is 9.10. The van der Waals surface area contributed by atoms with Gasteiger partial charge in [0.15, 0.2) is 0 Å². The molecule has 19 heavy (non-hydrogen) atoms. The fraction of sp³-hybridized carbons (Fsp3) is 0. The zero-order valence-corrected chi connectivity index (χ0v) is 11.1. The van der Waals surface area contributed by atoms with Crippen LogP contribution >= 0.6 is 11.6 Å². The van der Waals surface area contributed by atoms with Crippen LogP contribution in [0.5, 0.6) is 5.75 Å². The number of nitrogens with zero attached hydrogens (tertiary/aromatic N) is 1. The summed E-state index contributed by atoms with van der Waals surface area (Å²) in [5, 5.41) is 10.5. The molecule has 0 amide bonds. The van der Waals surface area contributed by atoms with Crippen LogP contribution in [0.4, 0.5) is 5.69 Å². The molecule has 0 saturated carbocycles. The van der Waals surface area contributed by atoms with Gasteiger partial charge in [0.1, 0.15) is 13.6 Å². The van der Waals surface area contributed by atoms with Gasteiger partial charge in [-0.05, 0) is 35.8 Å². The Balaban J connectivity index is 2.35. The number of hydrogen-bond donors (Lipinski definition) is 1. The first-order valence-electron chi connectivity index (χ1n) is 5.70. The minimum atomic E-state index is 0.182. The summed E-state index contributed by atoms with van der Waals surface area (Å²) in [5.41, 5.74) is 2.79. The summed E-state index contributed by atoms with van der Waals surface area (Å²) in [6.07, 6.45) is 6.90. The number of rotatable bonds is 2. The van der Waals surface area contributed by atoms with Gasteiger partial charge in [-0.2, -0.15) is 0 Å². The van der Waals surface area contributed by atoms with Crippen molar-refractivity contribution < 1.29 is 5.11 Å². The molecule has 2 aromatic carbocycles. The Hall–Kier alpha value is -2.18. The molecule has 0 spiro atoms. The van der Waals surface area contributed by atoms with Crippen molar-refractivity contribution in [2.24, 2.45) is 4.99 Å². The number of phenolic OH excluding ortho intramolecular Hbond substituents is 1. The molecule has 2 rings (SSSR count). The Bertz CT molecular complexity index is 689. The lowest BCUT2D eigenvalue weighted by molar-refractivity contribution is 0.479. The minimum absolute atomic E-state index is 0.182. The summed E-state index contributed by atoms with van der Waals surface area (Å²) >= 11 is 5.95. The zero-order valence-electron chi connectivity index (χ0n) is 10.4. The van der Waals surface area contributed by atoms with Crippen LogP contribution in [-0.2, 0) is 0 Å². The highest BCUT2D eigenvalue weighted by Gasteiger charge is 2.03. The number of aliphatic imine (C=N–C) groups is 1. The van der Waals surface area contributed by atoms with Gasteiger partial charge >= 0.3 is 0 Å². The van der Waals surface area contributed by atoms with Crippen molar-refractivity contribution in [1.82, 2.24) is 0 Å². The topological polar surface area (TPSA) is 32.6 Å². The van der Waals surface area contributed by atoms with Crippen LogP contribution in [0.3, 0.4) is 0 Å². The quantitative estimate of drug-likeness (QED) is 0.504. The highest BCUT2D eigenvalue weighted by Crippen LogP contribution is 2.19. The number of phenols is 1. The minimum Gasteiger partial charge on any atom is -0.508 e. The van der Waals surface area contributed by atoms with Crippen LogP contribution in [0.1, 0.15) is 11.1 Å². The van der Waals surface area contributed by atoms with Crippen molar-refractivity contribution >= 4 is 36.8 Å². The SMILES string of the molecule is Bc1cc(Cl)cc(/C=N/c2cccc(C#C)c2)c1O. The van der Waals surface area contributed by atoms with Crippen molar-refractivity contribution in [3.8, 4) is 18.1 Å². The van der Waals surface area contributed by atoms with Crippen molar-refractivity contribution in [3.05, 3.63) is 52.5 Å². The maximum Gasteiger partial charge on any atom is 0.144 e. The van der Waals surface area contributed by atoms with E-state index in [2.05, 4.69) is 10.9 Å². The average Bonchev–Trinajstić information content (AvgIpc) is 2.41. The molecule has 0 aliphatic rings. The Morgan fingerprint density at radius 3 is 2.84 bits per heavy atom. The maximum atomic E-state index is 9.92. The fourth-order valence-electron chi connectivity index (χ4n) is 1.68. The second-order valence-corrected chi connectivity index (χ2v) is 4.55. The van der Waals surface area contributed by atoms with E-state index in [0.717, 1.165) is 11.3 Å². The maximum absolute atomic E-state index is 9.92. The van der Waals surface area contributed by atoms with E-state index in [9.17, 15) is 5.11 Å². The summed E-state index contributed by atoms with van der Waals surface area (Å²) in [6.45, 7) is 0. The molecule has 4 heteroatoms. The van der Waals surface area contributed by atoms with Gasteiger partial charge in [-0.25, -0.2) is 0 Å². The normalized spacial score (nSPS) is 10.5. The lowest BCUT2D eigenvalue weighted by atomic mass is 9.93. The number of benzene rings is 2. The number of terminal acetylenes is 1. The van der Waals surface area contributed by atoms with Crippen molar-refractivity contribution in [1.29, 1.82) is 0 Å². The van der Waals surface area contributed by atoms with E-state index >= 15 is 0 Å². The summed E-state index contributed by atoms with van der Waals surface area (Å²) < 4.78 is 0. The molecule has 2 aromatic rings. The molecule has 0 aliphatic heterocycles. The largest absolute Gasteiger partial charge is 0.508 e. The standard InChI is InChI=1S/C15H11BClNO/c1-2-10-4-3-5-13(6-10)18-9-11-7-12(17)8-14(16)15(11)19/h1,3-9,19H,16H2/b18-9+. The molecule has 0 heterocycles. The van der Waals surface area contributed by atoms with E-state index in [1.165, 1.54) is 0 Å². The molecule has 0 fully saturated rings. The lowest BCUT2D eigenvalue weighted by Gasteiger charge is -2.04. The third-order valence-corrected chi connectivity index (χ3v) is 2.88. The van der Waals surface area contributed by atoms with Gasteiger partial charge in [0.05, 0.1) is 5.69 Å². The van der Waals surface area contributed by atoms with E-state index in [4.69, 9.17) is 18.0 Å². The average molecular weight is 268 g/mol. The molecule has 0 aromatic heterocycles. The molecule has 0 saturated heterocycles. The van der Waals surface area contributed by atoms with E-state index < -0.39 is 0 Å². The molecule has 1 N–H and O–H groups in total. The molecule has 2 nitrogen and oxygen atoms in total. The fourth-order valence-corrected chi connectivity index (χ4v) is 1.96. The van der Waals surface area contributed by atoms with Gasteiger partial charge in [0, 0.05) is 22.4 Å². The lowest BCUT2D eigenvalue weighted by Crippen LogP contribution is -2.05. The third kappa shape index (κ3) is 3.18. The van der Waals surface area contributed by atoms with Gasteiger partial charge in [0.25, 0.3) is 0 Å². The summed E-state index contributed by atoms with van der Waals surface area (Å²) in [6, 6.07) is 10.7. The van der Waals surface area contributed by atoms with Crippen LogP contribution in [0.15, 0.2) is 41.4 Å². The van der Waals surface area contributed by atoms with Crippen LogP contribution < -0.4 is 5.46 Å². The number of hydrogen-bond acceptors (Lipinski definition) is 2. The first-order valence-corrected chi connectivity index (χ1v) is 6.08. The molecular weight excluding hydrogens is 256 g/mol. The molecule has 0 aliphatic carbocycles. The van der Waals surface area contributed by atoms with E-state index in [1.807, 2.05) is 18.2 Å². The van der Waals surface area contributed by atoms with Crippen LogP contribution in [0, 0.1) is 12.3 Å². The smallest absolute Gasteiger partial charge is 0.144 e. The van der Waals surface area contributed by atoms with Gasteiger partial charge in [0.2, 0.25) is 0 Å². The van der Waals surface area contributed by atoms with Gasteiger partial charge < -0.3 is 5.11 Å². The second kappa shape index (κ2) is 5.64. The Kier molecular flexibility index (Phi) is 3.94. The predicted octanol–water partition coefficient (Wildman–Crippen LogP) is 2.04. The van der Waals surface area contributed by atoms with Gasteiger partial charge in [-0.1, -0.05) is 23.6 Å². The van der Waals surface area contributed by atoms with E-state index in [0.29, 0.717) is 16.0 Å². The summed E-state index contributed by atoms with van der Waals surface area (Å²) in [5.74, 6) is 2.73. The molecule has 0 radical (unpaired) electrons. The molecule has 0 unspecified atom stereocenters. The predicted molar refractivity (Wildman–Crippen MR) is 82.9 cm³/mol. The molecule has 0 bridgehead atoms. The number of aromatic hydroxyl groups is 1. The third-order valence-electron chi connectivity index (χ3n) is 2.66. The molecule has 0 atom stereocenters. The molecule has 92 valence electrons. The van der Waals surface area contributed by atoms with Crippen LogP contribution in [0.2, 0.25) is 5.02 Å². The Morgan fingerprint density at radius 1 is 1.32 bits per heavy atom. The van der Waals surface area contributed by atoms with Crippen LogP contribution in [0.25, 0.3) is 0 Å². The van der Waals surface area contributed by atoms with Crippen molar-refractivity contribution in [3.63, 3.8) is 0 Å². The van der Waals surface area contributed by atoms with Crippen molar-refractivity contribution in [2.75, 3.05) is 0 Å². The summed E-state index contributed by atoms with van der Waals surface area (Å²) in [4.78, 5) is 4.29. The Labute approximate surface area is 118 Å².